The predicted molar refractivity (Wildman–Crippen MR) is 62.6 cm³/mol. The number of pyridine rings is 1. The van der Waals surface area contributed by atoms with E-state index in [1.165, 1.54) is 18.4 Å². The molecule has 3 N–H and O–H groups in total. The minimum absolute atomic E-state index is 0.261. The average molecular weight is 205 g/mol. The van der Waals surface area contributed by atoms with E-state index >= 15 is 0 Å². The molecule has 0 aliphatic carbocycles. The normalized spacial score (nSPS) is 25.7. The number of nitrogens with one attached hydrogen (secondary N) is 1. The third kappa shape index (κ3) is 2.12. The summed E-state index contributed by atoms with van der Waals surface area (Å²) in [6.07, 6.45) is 6.43. The Hall–Kier alpha value is -1.09. The molecule has 1 aliphatic rings. The number of rotatable bonds is 3. The van der Waals surface area contributed by atoms with E-state index in [9.17, 15) is 0 Å². The van der Waals surface area contributed by atoms with Crippen molar-refractivity contribution in [1.29, 1.82) is 0 Å². The van der Waals surface area contributed by atoms with Crippen LogP contribution < -0.4 is 11.1 Å². The third-order valence-electron chi connectivity index (χ3n) is 3.46. The SMILES string of the molecule is CCC1(Cc2cccnc2N)CCCN1. The van der Waals surface area contributed by atoms with E-state index in [1.807, 2.05) is 6.07 Å². The van der Waals surface area contributed by atoms with E-state index in [0.29, 0.717) is 5.82 Å². The molecule has 1 atom stereocenters. The Balaban J connectivity index is 2.16. The molecule has 0 amide bonds. The maximum Gasteiger partial charge on any atom is 0.126 e. The fourth-order valence-electron chi connectivity index (χ4n) is 2.41. The highest BCUT2D eigenvalue weighted by Gasteiger charge is 2.31. The molecule has 15 heavy (non-hydrogen) atoms. The first-order valence-corrected chi connectivity index (χ1v) is 5.70. The molecule has 1 fully saturated rings. The summed E-state index contributed by atoms with van der Waals surface area (Å²) in [6, 6.07) is 4.05. The van der Waals surface area contributed by atoms with Crippen LogP contribution in [0, 0.1) is 0 Å². The molecule has 1 aromatic rings. The van der Waals surface area contributed by atoms with Gasteiger partial charge in [0.25, 0.3) is 0 Å². The molecular weight excluding hydrogens is 186 g/mol. The lowest BCUT2D eigenvalue weighted by Gasteiger charge is -2.28. The molecule has 3 heteroatoms. The number of nitrogen functional groups attached to an aromatic ring is 1. The molecule has 0 radical (unpaired) electrons. The Kier molecular flexibility index (Phi) is 2.91. The second-order valence-corrected chi connectivity index (χ2v) is 4.39. The van der Waals surface area contributed by atoms with Crippen LogP contribution in [0.15, 0.2) is 18.3 Å². The number of anilines is 1. The molecule has 1 saturated heterocycles. The molecule has 3 nitrogen and oxygen atoms in total. The summed E-state index contributed by atoms with van der Waals surface area (Å²) in [7, 11) is 0. The summed E-state index contributed by atoms with van der Waals surface area (Å²) in [5, 5.41) is 3.61. The van der Waals surface area contributed by atoms with Gasteiger partial charge in [0.2, 0.25) is 0 Å². The van der Waals surface area contributed by atoms with Crippen LogP contribution in [-0.4, -0.2) is 17.1 Å². The van der Waals surface area contributed by atoms with Gasteiger partial charge in [0.15, 0.2) is 0 Å². The van der Waals surface area contributed by atoms with Gasteiger partial charge < -0.3 is 11.1 Å². The number of nitrogens with two attached hydrogens (primary N) is 1. The lowest BCUT2D eigenvalue weighted by Crippen LogP contribution is -2.41. The first-order chi connectivity index (χ1) is 7.26. The minimum Gasteiger partial charge on any atom is -0.383 e. The molecule has 0 spiro atoms. The molecule has 2 rings (SSSR count). The van der Waals surface area contributed by atoms with E-state index in [-0.39, 0.29) is 5.54 Å². The van der Waals surface area contributed by atoms with Crippen LogP contribution in [0.5, 0.6) is 0 Å². The van der Waals surface area contributed by atoms with Gasteiger partial charge in [-0.15, -0.1) is 0 Å². The Morgan fingerprint density at radius 2 is 2.47 bits per heavy atom. The Morgan fingerprint density at radius 1 is 1.60 bits per heavy atom. The van der Waals surface area contributed by atoms with Crippen LogP contribution >= 0.6 is 0 Å². The van der Waals surface area contributed by atoms with Crippen LogP contribution in [0.4, 0.5) is 5.82 Å². The fourth-order valence-corrected chi connectivity index (χ4v) is 2.41. The van der Waals surface area contributed by atoms with Crippen LogP contribution in [0.25, 0.3) is 0 Å². The van der Waals surface area contributed by atoms with Gasteiger partial charge in [0.1, 0.15) is 5.82 Å². The summed E-state index contributed by atoms with van der Waals surface area (Å²) in [4.78, 5) is 4.14. The smallest absolute Gasteiger partial charge is 0.126 e. The van der Waals surface area contributed by atoms with Crippen molar-refractivity contribution >= 4 is 5.82 Å². The number of hydrogen-bond donors (Lipinski definition) is 2. The van der Waals surface area contributed by atoms with E-state index < -0.39 is 0 Å². The topological polar surface area (TPSA) is 50.9 Å². The zero-order valence-corrected chi connectivity index (χ0v) is 9.29. The zero-order valence-electron chi connectivity index (χ0n) is 9.29. The molecule has 82 valence electrons. The maximum absolute atomic E-state index is 5.87. The highest BCUT2D eigenvalue weighted by Crippen LogP contribution is 2.28. The van der Waals surface area contributed by atoms with Crippen molar-refractivity contribution in [2.24, 2.45) is 0 Å². The summed E-state index contributed by atoms with van der Waals surface area (Å²) in [6.45, 7) is 3.37. The van der Waals surface area contributed by atoms with Crippen LogP contribution in [0.3, 0.4) is 0 Å². The quantitative estimate of drug-likeness (QED) is 0.790. The minimum atomic E-state index is 0.261. The Labute approximate surface area is 91.1 Å². The van der Waals surface area contributed by atoms with Gasteiger partial charge in [0.05, 0.1) is 0 Å². The van der Waals surface area contributed by atoms with E-state index in [0.717, 1.165) is 19.4 Å². The lowest BCUT2D eigenvalue weighted by atomic mass is 9.87. The van der Waals surface area contributed by atoms with Crippen LogP contribution in [0.2, 0.25) is 0 Å². The molecule has 1 aliphatic heterocycles. The van der Waals surface area contributed by atoms with Gasteiger partial charge in [-0.2, -0.15) is 0 Å². The van der Waals surface area contributed by atoms with Crippen molar-refractivity contribution in [2.75, 3.05) is 12.3 Å². The van der Waals surface area contributed by atoms with Crippen molar-refractivity contribution in [1.82, 2.24) is 10.3 Å². The van der Waals surface area contributed by atoms with E-state index in [2.05, 4.69) is 23.3 Å². The van der Waals surface area contributed by atoms with Gasteiger partial charge in [0, 0.05) is 11.7 Å². The molecule has 0 aromatic carbocycles. The van der Waals surface area contributed by atoms with Gasteiger partial charge in [-0.05, 0) is 43.9 Å². The highest BCUT2D eigenvalue weighted by atomic mass is 15.0. The second-order valence-electron chi connectivity index (χ2n) is 4.39. The molecule has 0 saturated carbocycles. The first kappa shape index (κ1) is 10.4. The van der Waals surface area contributed by atoms with Gasteiger partial charge in [-0.1, -0.05) is 13.0 Å². The van der Waals surface area contributed by atoms with Gasteiger partial charge >= 0.3 is 0 Å². The summed E-state index contributed by atoms with van der Waals surface area (Å²) < 4.78 is 0. The Bertz CT molecular complexity index is 329. The molecule has 1 unspecified atom stereocenters. The number of hydrogen-bond acceptors (Lipinski definition) is 3. The maximum atomic E-state index is 5.87. The van der Waals surface area contributed by atoms with Gasteiger partial charge in [-0.25, -0.2) is 4.98 Å². The highest BCUT2D eigenvalue weighted by molar-refractivity contribution is 5.39. The van der Waals surface area contributed by atoms with Crippen LogP contribution in [0.1, 0.15) is 31.7 Å². The standard InChI is InChI=1S/C12H19N3/c1-2-12(6-4-8-15-12)9-10-5-3-7-14-11(10)13/h3,5,7,15H,2,4,6,8-9H2,1H3,(H2,13,14). The third-order valence-corrected chi connectivity index (χ3v) is 3.46. The lowest BCUT2D eigenvalue weighted by molar-refractivity contribution is 0.360. The predicted octanol–water partition coefficient (Wildman–Crippen LogP) is 1.74. The van der Waals surface area contributed by atoms with Crippen LogP contribution in [-0.2, 0) is 6.42 Å². The van der Waals surface area contributed by atoms with Crippen molar-refractivity contribution in [2.45, 2.75) is 38.1 Å². The number of nitrogens with zero attached hydrogens (tertiary/aromatic N) is 1. The average Bonchev–Trinajstić information content (AvgIpc) is 2.71. The molecular formula is C12H19N3. The fraction of sp³-hybridized carbons (Fsp3) is 0.583. The van der Waals surface area contributed by atoms with E-state index in [4.69, 9.17) is 5.73 Å². The van der Waals surface area contributed by atoms with Gasteiger partial charge in [-0.3, -0.25) is 0 Å². The summed E-state index contributed by atoms with van der Waals surface area (Å²) in [5.41, 5.74) is 7.31. The van der Waals surface area contributed by atoms with Crippen molar-refractivity contribution in [3.05, 3.63) is 23.9 Å². The van der Waals surface area contributed by atoms with E-state index in [1.54, 1.807) is 6.20 Å². The molecule has 0 bridgehead atoms. The summed E-state index contributed by atoms with van der Waals surface area (Å²) in [5.74, 6) is 0.680. The molecule has 2 heterocycles. The second kappa shape index (κ2) is 4.19. The molecule has 1 aromatic heterocycles. The first-order valence-electron chi connectivity index (χ1n) is 5.70. The zero-order chi connectivity index (χ0) is 10.7. The number of aromatic nitrogens is 1. The van der Waals surface area contributed by atoms with Crippen molar-refractivity contribution < 1.29 is 0 Å². The Morgan fingerprint density at radius 3 is 3.07 bits per heavy atom. The summed E-state index contributed by atoms with van der Waals surface area (Å²) >= 11 is 0. The largest absolute Gasteiger partial charge is 0.383 e. The van der Waals surface area contributed by atoms with Crippen molar-refractivity contribution in [3.8, 4) is 0 Å². The monoisotopic (exact) mass is 205 g/mol. The van der Waals surface area contributed by atoms with Crippen molar-refractivity contribution in [3.63, 3.8) is 0 Å².